The second-order valence-electron chi connectivity index (χ2n) is 6.14. The number of amides is 1. The first-order valence-corrected chi connectivity index (χ1v) is 6.96. The fourth-order valence-electron chi connectivity index (χ4n) is 2.92. The molecule has 4 heteroatoms. The van der Waals surface area contributed by atoms with Crippen LogP contribution < -0.4 is 11.1 Å². The number of carbonyl (C=O) groups is 1. The molecule has 0 bridgehead atoms. The molecule has 1 fully saturated rings. The number of nitrogens with one attached hydrogen (secondary N) is 1. The standard InChI is InChI=1S/C14H28N2O2/c1-10(9-14(2,3)18-4)16-12-8-6-5-7-11(12)13(15)17/h10-12,16H,5-9H2,1-4H3,(H2,15,17). The predicted molar refractivity (Wildman–Crippen MR) is 73.2 cm³/mol. The molecule has 0 radical (unpaired) electrons. The van der Waals surface area contributed by atoms with E-state index >= 15 is 0 Å². The number of carbonyl (C=O) groups excluding carboxylic acids is 1. The largest absolute Gasteiger partial charge is 0.379 e. The van der Waals surface area contributed by atoms with Crippen molar-refractivity contribution in [3.63, 3.8) is 0 Å². The Morgan fingerprint density at radius 1 is 1.44 bits per heavy atom. The first-order valence-electron chi connectivity index (χ1n) is 6.96. The number of hydrogen-bond acceptors (Lipinski definition) is 3. The Morgan fingerprint density at radius 2 is 2.06 bits per heavy atom. The fraction of sp³-hybridized carbons (Fsp3) is 0.929. The molecule has 0 spiro atoms. The van der Waals surface area contributed by atoms with Crippen molar-refractivity contribution in [2.45, 2.75) is 70.6 Å². The van der Waals surface area contributed by atoms with Gasteiger partial charge in [0.05, 0.1) is 11.5 Å². The molecule has 0 aromatic heterocycles. The predicted octanol–water partition coefficient (Wildman–Crippen LogP) is 1.82. The van der Waals surface area contributed by atoms with Gasteiger partial charge in [0.1, 0.15) is 0 Å². The maximum Gasteiger partial charge on any atom is 0.222 e. The van der Waals surface area contributed by atoms with Crippen molar-refractivity contribution in [3.8, 4) is 0 Å². The highest BCUT2D eigenvalue weighted by Crippen LogP contribution is 2.25. The topological polar surface area (TPSA) is 64.3 Å². The van der Waals surface area contributed by atoms with E-state index in [4.69, 9.17) is 10.5 Å². The minimum Gasteiger partial charge on any atom is -0.379 e. The van der Waals surface area contributed by atoms with E-state index < -0.39 is 0 Å². The Labute approximate surface area is 111 Å². The van der Waals surface area contributed by atoms with Gasteiger partial charge in [-0.15, -0.1) is 0 Å². The van der Waals surface area contributed by atoms with E-state index in [1.807, 2.05) is 0 Å². The maximum atomic E-state index is 11.4. The Morgan fingerprint density at radius 3 is 2.61 bits per heavy atom. The first-order chi connectivity index (χ1) is 8.35. The van der Waals surface area contributed by atoms with Gasteiger partial charge >= 0.3 is 0 Å². The Bertz CT molecular complexity index is 279. The maximum absolute atomic E-state index is 11.4. The van der Waals surface area contributed by atoms with Crippen LogP contribution in [0.3, 0.4) is 0 Å². The molecule has 1 rings (SSSR count). The van der Waals surface area contributed by atoms with E-state index in [1.54, 1.807) is 7.11 Å². The quantitative estimate of drug-likeness (QED) is 0.762. The Balaban J connectivity index is 2.51. The molecule has 0 aliphatic heterocycles. The summed E-state index contributed by atoms with van der Waals surface area (Å²) in [7, 11) is 1.74. The molecular weight excluding hydrogens is 228 g/mol. The van der Waals surface area contributed by atoms with Crippen LogP contribution in [0.2, 0.25) is 0 Å². The summed E-state index contributed by atoms with van der Waals surface area (Å²) >= 11 is 0. The van der Waals surface area contributed by atoms with E-state index in [9.17, 15) is 4.79 Å². The molecular formula is C14H28N2O2. The summed E-state index contributed by atoms with van der Waals surface area (Å²) in [5.41, 5.74) is 5.35. The van der Waals surface area contributed by atoms with Crippen molar-refractivity contribution in [3.05, 3.63) is 0 Å². The second kappa shape index (κ2) is 6.53. The summed E-state index contributed by atoms with van der Waals surface area (Å²) in [6, 6.07) is 0.559. The van der Waals surface area contributed by atoms with Crippen LogP contribution in [0.1, 0.15) is 52.9 Å². The third kappa shape index (κ3) is 4.58. The lowest BCUT2D eigenvalue weighted by molar-refractivity contribution is -0.123. The summed E-state index contributed by atoms with van der Waals surface area (Å²) in [6.07, 6.45) is 5.19. The van der Waals surface area contributed by atoms with Gasteiger partial charge in [0.2, 0.25) is 5.91 Å². The van der Waals surface area contributed by atoms with Crippen LogP contribution >= 0.6 is 0 Å². The van der Waals surface area contributed by atoms with Gasteiger partial charge in [0, 0.05) is 19.2 Å². The molecule has 3 N–H and O–H groups in total. The molecule has 0 heterocycles. The minimum absolute atomic E-state index is 0.00754. The van der Waals surface area contributed by atoms with Gasteiger partial charge in [0.25, 0.3) is 0 Å². The van der Waals surface area contributed by atoms with E-state index in [0.29, 0.717) is 6.04 Å². The lowest BCUT2D eigenvalue weighted by Crippen LogP contribution is -2.49. The van der Waals surface area contributed by atoms with Crippen LogP contribution in [0.25, 0.3) is 0 Å². The van der Waals surface area contributed by atoms with E-state index in [1.165, 1.54) is 6.42 Å². The van der Waals surface area contributed by atoms with Crippen molar-refractivity contribution >= 4 is 5.91 Å². The highest BCUT2D eigenvalue weighted by Gasteiger charge is 2.31. The molecule has 0 saturated heterocycles. The van der Waals surface area contributed by atoms with Crippen molar-refractivity contribution in [1.82, 2.24) is 5.32 Å². The average molecular weight is 256 g/mol. The van der Waals surface area contributed by atoms with E-state index in [-0.39, 0.29) is 23.5 Å². The second-order valence-corrected chi connectivity index (χ2v) is 6.14. The molecule has 3 atom stereocenters. The number of hydrogen-bond donors (Lipinski definition) is 2. The fourth-order valence-corrected chi connectivity index (χ4v) is 2.92. The molecule has 1 amide bonds. The van der Waals surface area contributed by atoms with Crippen LogP contribution in [-0.2, 0) is 9.53 Å². The monoisotopic (exact) mass is 256 g/mol. The Kier molecular flexibility index (Phi) is 5.60. The number of nitrogens with two attached hydrogens (primary N) is 1. The molecule has 1 saturated carbocycles. The summed E-state index contributed by atoms with van der Waals surface area (Å²) in [5, 5.41) is 3.56. The van der Waals surface area contributed by atoms with Crippen LogP contribution in [0.5, 0.6) is 0 Å². The van der Waals surface area contributed by atoms with Gasteiger partial charge in [-0.05, 0) is 40.0 Å². The van der Waals surface area contributed by atoms with E-state index in [2.05, 4.69) is 26.1 Å². The number of methoxy groups -OCH3 is 1. The summed E-state index contributed by atoms with van der Waals surface area (Å²) in [5.74, 6) is -0.169. The normalized spacial score (nSPS) is 26.9. The van der Waals surface area contributed by atoms with Gasteiger partial charge in [0.15, 0.2) is 0 Å². The molecule has 18 heavy (non-hydrogen) atoms. The average Bonchev–Trinajstić information content (AvgIpc) is 2.28. The molecule has 3 unspecified atom stereocenters. The van der Waals surface area contributed by atoms with Gasteiger partial charge in [-0.1, -0.05) is 12.8 Å². The lowest BCUT2D eigenvalue weighted by Gasteiger charge is -2.35. The number of ether oxygens (including phenoxy) is 1. The van der Waals surface area contributed by atoms with Crippen LogP contribution in [0.4, 0.5) is 0 Å². The molecule has 1 aliphatic rings. The number of primary amides is 1. The van der Waals surface area contributed by atoms with E-state index in [0.717, 1.165) is 25.7 Å². The van der Waals surface area contributed by atoms with Crippen molar-refractivity contribution < 1.29 is 9.53 Å². The van der Waals surface area contributed by atoms with Gasteiger partial charge in [-0.25, -0.2) is 0 Å². The Hall–Kier alpha value is -0.610. The van der Waals surface area contributed by atoms with Crippen LogP contribution in [0.15, 0.2) is 0 Å². The SMILES string of the molecule is COC(C)(C)CC(C)NC1CCCCC1C(N)=O. The lowest BCUT2D eigenvalue weighted by atomic mass is 9.83. The number of rotatable bonds is 6. The molecule has 106 valence electrons. The van der Waals surface area contributed by atoms with Crippen molar-refractivity contribution in [2.24, 2.45) is 11.7 Å². The van der Waals surface area contributed by atoms with Gasteiger partial charge < -0.3 is 15.8 Å². The molecule has 0 aromatic carbocycles. The summed E-state index contributed by atoms with van der Waals surface area (Å²) < 4.78 is 5.44. The zero-order valence-electron chi connectivity index (χ0n) is 12.2. The van der Waals surface area contributed by atoms with Crippen molar-refractivity contribution in [2.75, 3.05) is 7.11 Å². The smallest absolute Gasteiger partial charge is 0.222 e. The minimum atomic E-state index is -0.162. The van der Waals surface area contributed by atoms with Crippen LogP contribution in [0, 0.1) is 5.92 Å². The van der Waals surface area contributed by atoms with Gasteiger partial charge in [-0.2, -0.15) is 0 Å². The highest BCUT2D eigenvalue weighted by molar-refractivity contribution is 5.77. The first kappa shape index (κ1) is 15.4. The van der Waals surface area contributed by atoms with Crippen molar-refractivity contribution in [1.29, 1.82) is 0 Å². The summed E-state index contributed by atoms with van der Waals surface area (Å²) in [6.45, 7) is 6.31. The third-order valence-electron chi connectivity index (χ3n) is 3.98. The zero-order chi connectivity index (χ0) is 13.8. The van der Waals surface area contributed by atoms with Crippen LogP contribution in [-0.4, -0.2) is 30.7 Å². The van der Waals surface area contributed by atoms with Gasteiger partial charge in [-0.3, -0.25) is 4.79 Å². The summed E-state index contributed by atoms with van der Waals surface area (Å²) in [4.78, 5) is 11.4. The highest BCUT2D eigenvalue weighted by atomic mass is 16.5. The molecule has 1 aliphatic carbocycles. The third-order valence-corrected chi connectivity index (χ3v) is 3.98. The molecule has 0 aromatic rings. The molecule has 4 nitrogen and oxygen atoms in total. The zero-order valence-corrected chi connectivity index (χ0v) is 12.2.